The van der Waals surface area contributed by atoms with Crippen LogP contribution in [0.1, 0.15) is 65.6 Å². The molecule has 10 heteroatoms. The molecule has 0 bridgehead atoms. The second-order valence-electron chi connectivity index (χ2n) is 9.33. The van der Waals surface area contributed by atoms with Crippen LogP contribution < -0.4 is 19.1 Å². The van der Waals surface area contributed by atoms with Gasteiger partial charge in [0.25, 0.3) is 5.78 Å². The molecule has 1 aliphatic rings. The van der Waals surface area contributed by atoms with Gasteiger partial charge in [-0.1, -0.05) is 37.2 Å². The van der Waals surface area contributed by atoms with Gasteiger partial charge in [-0.2, -0.15) is 0 Å². The zero-order valence-corrected chi connectivity index (χ0v) is 24.0. The maximum Gasteiger partial charge on any atom is 0.301 e. The molecule has 3 aromatic rings. The zero-order chi connectivity index (χ0) is 29.0. The van der Waals surface area contributed by atoms with Crippen molar-refractivity contribution in [3.63, 3.8) is 0 Å². The fraction of sp³-hybridized carbons (Fsp3) is 0.333. The highest BCUT2D eigenvalue weighted by atomic mass is 32.1. The number of nitrogens with zero attached hydrogens (tertiary/aromatic N) is 2. The number of aryl methyl sites for hydroxylation is 1. The smallest absolute Gasteiger partial charge is 0.301 e. The van der Waals surface area contributed by atoms with Crippen molar-refractivity contribution < 1.29 is 33.7 Å². The summed E-state index contributed by atoms with van der Waals surface area (Å²) in [4.78, 5) is 45.2. The lowest BCUT2D eigenvalue weighted by atomic mass is 9.95. The summed E-state index contributed by atoms with van der Waals surface area (Å²) < 4.78 is 16.7. The molecule has 9 nitrogen and oxygen atoms in total. The Morgan fingerprint density at radius 3 is 2.38 bits per heavy atom. The lowest BCUT2D eigenvalue weighted by Gasteiger charge is -2.24. The summed E-state index contributed by atoms with van der Waals surface area (Å²) in [5.74, 6) is -0.742. The number of hydrogen-bond acceptors (Lipinski definition) is 9. The van der Waals surface area contributed by atoms with Gasteiger partial charge in [0.1, 0.15) is 11.5 Å². The fourth-order valence-corrected chi connectivity index (χ4v) is 5.56. The highest BCUT2D eigenvalue weighted by molar-refractivity contribution is 7.18. The molecule has 0 unspecified atom stereocenters. The highest BCUT2D eigenvalue weighted by Gasteiger charge is 2.48. The number of aliphatic hydroxyl groups excluding tert-OH is 1. The molecule has 210 valence electrons. The molecule has 0 spiro atoms. The van der Waals surface area contributed by atoms with Crippen LogP contribution in [0.2, 0.25) is 0 Å². The molecule has 1 amide bonds. The van der Waals surface area contributed by atoms with Crippen LogP contribution in [0.3, 0.4) is 0 Å². The number of Topliss-reactive ketones (excluding diaryl/α,β-unsaturated/α-hetero) is 2. The van der Waals surface area contributed by atoms with Gasteiger partial charge in [-0.25, -0.2) is 4.98 Å². The topological polar surface area (TPSA) is 115 Å². The minimum Gasteiger partial charge on any atom is -0.507 e. The Bertz CT molecular complexity index is 1460. The average molecular weight is 565 g/mol. The van der Waals surface area contributed by atoms with Crippen molar-refractivity contribution >= 4 is 39.7 Å². The second kappa shape index (κ2) is 12.3. The number of rotatable bonds is 11. The Morgan fingerprint density at radius 1 is 1.05 bits per heavy atom. The summed E-state index contributed by atoms with van der Waals surface area (Å²) in [6.45, 7) is 5.73. The van der Waals surface area contributed by atoms with E-state index in [2.05, 4.69) is 11.9 Å². The highest BCUT2D eigenvalue weighted by Crippen LogP contribution is 2.45. The van der Waals surface area contributed by atoms with Gasteiger partial charge >= 0.3 is 5.91 Å². The molecular formula is C30H32N2O7S. The molecule has 0 radical (unpaired) electrons. The quantitative estimate of drug-likeness (QED) is 0.101. The summed E-state index contributed by atoms with van der Waals surface area (Å²) in [7, 11) is 3.03. The second-order valence-corrected chi connectivity index (χ2v) is 10.3. The molecule has 2 aromatic carbocycles. The minimum atomic E-state index is -1.03. The van der Waals surface area contributed by atoms with Crippen LogP contribution in [-0.4, -0.2) is 48.4 Å². The molecule has 1 fully saturated rings. The first-order valence-electron chi connectivity index (χ1n) is 13.0. The predicted octanol–water partition coefficient (Wildman–Crippen LogP) is 5.87. The molecule has 1 N–H and O–H groups in total. The zero-order valence-electron chi connectivity index (χ0n) is 23.1. The van der Waals surface area contributed by atoms with Crippen molar-refractivity contribution in [3.8, 4) is 17.2 Å². The predicted molar refractivity (Wildman–Crippen MR) is 153 cm³/mol. The number of carbonyl (C=O) groups excluding carboxylic acids is 3. The number of carbonyl (C=O) groups is 3. The number of aromatic nitrogens is 1. The largest absolute Gasteiger partial charge is 0.507 e. The Morgan fingerprint density at radius 2 is 1.77 bits per heavy atom. The third-order valence-corrected chi connectivity index (χ3v) is 7.89. The first-order valence-corrected chi connectivity index (χ1v) is 13.8. The molecule has 0 saturated carbocycles. The Labute approximate surface area is 237 Å². The van der Waals surface area contributed by atoms with Gasteiger partial charge in [-0.3, -0.25) is 19.3 Å². The van der Waals surface area contributed by atoms with Crippen molar-refractivity contribution in [2.24, 2.45) is 0 Å². The summed E-state index contributed by atoms with van der Waals surface area (Å²) in [6, 6.07) is 10.6. The van der Waals surface area contributed by atoms with Gasteiger partial charge in [0.05, 0.1) is 43.0 Å². The van der Waals surface area contributed by atoms with Crippen LogP contribution in [0.25, 0.3) is 5.76 Å². The first-order chi connectivity index (χ1) is 19.2. The number of benzene rings is 2. The molecule has 2 heterocycles. The van der Waals surface area contributed by atoms with Gasteiger partial charge in [0.15, 0.2) is 22.4 Å². The Balaban J connectivity index is 1.87. The number of thiazole rings is 1. The van der Waals surface area contributed by atoms with E-state index in [1.54, 1.807) is 49.4 Å². The summed E-state index contributed by atoms with van der Waals surface area (Å²) in [6.07, 6.45) is 2.99. The SMILES string of the molecule is CCCCCOc1ccc([C@@H]2C(=C(O)c3ccc(OC)cc3)C(=O)C(=O)N2c2nc(C)c(C(C)=O)s2)cc1OC. The van der Waals surface area contributed by atoms with Gasteiger partial charge < -0.3 is 19.3 Å². The van der Waals surface area contributed by atoms with E-state index in [9.17, 15) is 19.5 Å². The molecule has 1 aliphatic heterocycles. The monoisotopic (exact) mass is 564 g/mol. The summed E-state index contributed by atoms with van der Waals surface area (Å²) in [5.41, 5.74) is 1.19. The number of amides is 1. The van der Waals surface area contributed by atoms with Crippen molar-refractivity contribution in [2.75, 3.05) is 25.7 Å². The molecule has 1 aromatic heterocycles. The van der Waals surface area contributed by atoms with E-state index < -0.39 is 17.7 Å². The molecule has 4 rings (SSSR count). The molecule has 1 atom stereocenters. The summed E-state index contributed by atoms with van der Waals surface area (Å²) in [5, 5.41) is 11.6. The number of unbranched alkanes of at least 4 members (excludes halogenated alkanes) is 2. The van der Waals surface area contributed by atoms with E-state index in [1.165, 1.54) is 26.0 Å². The van der Waals surface area contributed by atoms with E-state index in [0.29, 0.717) is 45.6 Å². The lowest BCUT2D eigenvalue weighted by molar-refractivity contribution is -0.132. The number of ether oxygens (including phenoxy) is 3. The molecule has 40 heavy (non-hydrogen) atoms. The number of methoxy groups -OCH3 is 2. The normalized spacial score (nSPS) is 16.3. The standard InChI is InChI=1S/C30H32N2O7S/c1-6-7-8-15-39-22-14-11-20(16-23(22)38-5)25-24(26(34)19-9-12-21(37-4)13-10-19)27(35)29(36)32(25)30-31-17(2)28(40-30)18(3)33/h9-14,16,25,34H,6-8,15H2,1-5H3/t25-/m1/s1. The Hall–Kier alpha value is -4.18. The van der Waals surface area contributed by atoms with Gasteiger partial charge in [-0.15, -0.1) is 0 Å². The minimum absolute atomic E-state index is 0.105. The van der Waals surface area contributed by atoms with Crippen LogP contribution in [-0.2, 0) is 9.59 Å². The van der Waals surface area contributed by atoms with Gasteiger partial charge in [-0.05, 0) is 55.3 Å². The maximum atomic E-state index is 13.5. The van der Waals surface area contributed by atoms with Crippen LogP contribution in [0.4, 0.5) is 5.13 Å². The maximum absolute atomic E-state index is 13.5. The van der Waals surface area contributed by atoms with Crippen LogP contribution in [0.15, 0.2) is 48.0 Å². The van der Waals surface area contributed by atoms with E-state index in [-0.39, 0.29) is 22.2 Å². The fourth-order valence-electron chi connectivity index (χ4n) is 4.57. The third-order valence-electron chi connectivity index (χ3n) is 6.63. The average Bonchev–Trinajstić information content (AvgIpc) is 3.47. The third kappa shape index (κ3) is 5.58. The molecule has 1 saturated heterocycles. The van der Waals surface area contributed by atoms with E-state index in [0.717, 1.165) is 30.6 Å². The van der Waals surface area contributed by atoms with Gasteiger partial charge in [0, 0.05) is 12.5 Å². The number of anilines is 1. The molecule has 0 aliphatic carbocycles. The molecular weight excluding hydrogens is 532 g/mol. The van der Waals surface area contributed by atoms with Crippen molar-refractivity contribution in [1.82, 2.24) is 4.98 Å². The van der Waals surface area contributed by atoms with Crippen molar-refractivity contribution in [2.45, 2.75) is 46.1 Å². The van der Waals surface area contributed by atoms with Gasteiger partial charge in [0.2, 0.25) is 0 Å². The van der Waals surface area contributed by atoms with Crippen molar-refractivity contribution in [1.29, 1.82) is 0 Å². The number of hydrogen-bond donors (Lipinski definition) is 1. The number of ketones is 2. The summed E-state index contributed by atoms with van der Waals surface area (Å²) >= 11 is 1.03. The lowest BCUT2D eigenvalue weighted by Crippen LogP contribution is -2.29. The first kappa shape index (κ1) is 28.8. The van der Waals surface area contributed by atoms with E-state index >= 15 is 0 Å². The Kier molecular flexibility index (Phi) is 8.89. The van der Waals surface area contributed by atoms with Crippen LogP contribution >= 0.6 is 11.3 Å². The number of aliphatic hydroxyl groups is 1. The van der Waals surface area contributed by atoms with E-state index in [1.807, 2.05) is 0 Å². The van der Waals surface area contributed by atoms with Crippen LogP contribution in [0.5, 0.6) is 17.2 Å². The van der Waals surface area contributed by atoms with E-state index in [4.69, 9.17) is 14.2 Å². The van der Waals surface area contributed by atoms with Crippen molar-refractivity contribution in [3.05, 3.63) is 69.7 Å². The van der Waals surface area contributed by atoms with Crippen LogP contribution in [0, 0.1) is 6.92 Å².